The normalized spacial score (nSPS) is 11.8. The average molecular weight is 316 g/mol. The number of halogens is 1. The van der Waals surface area contributed by atoms with E-state index in [4.69, 9.17) is 39.0 Å². The van der Waals surface area contributed by atoms with E-state index in [1.165, 1.54) is 0 Å². The Balaban J connectivity index is 3.00. The van der Waals surface area contributed by atoms with E-state index in [-0.39, 0.29) is 4.99 Å². The fourth-order valence-corrected chi connectivity index (χ4v) is 2.00. The molecular formula is C14H18ClNO3S. The van der Waals surface area contributed by atoms with Crippen molar-refractivity contribution in [2.75, 3.05) is 6.61 Å². The molecule has 0 fully saturated rings. The Morgan fingerprint density at radius 3 is 2.70 bits per heavy atom. The zero-order valence-corrected chi connectivity index (χ0v) is 13.1. The van der Waals surface area contributed by atoms with Gasteiger partial charge in [0, 0.05) is 5.02 Å². The zero-order chi connectivity index (χ0) is 15.1. The molecule has 1 atom stereocenters. The van der Waals surface area contributed by atoms with Crippen LogP contribution in [0.2, 0.25) is 5.02 Å². The van der Waals surface area contributed by atoms with E-state index >= 15 is 0 Å². The number of thiocarbonyl (C=S) groups is 1. The summed E-state index contributed by atoms with van der Waals surface area (Å²) in [7, 11) is 0. The van der Waals surface area contributed by atoms with Gasteiger partial charge in [-0.2, -0.15) is 0 Å². The van der Waals surface area contributed by atoms with Crippen LogP contribution in [-0.2, 0) is 9.53 Å². The van der Waals surface area contributed by atoms with Gasteiger partial charge in [0.2, 0.25) is 0 Å². The molecule has 6 heteroatoms. The first-order chi connectivity index (χ1) is 9.49. The van der Waals surface area contributed by atoms with Crippen molar-refractivity contribution in [1.82, 2.24) is 0 Å². The Kier molecular flexibility index (Phi) is 6.75. The van der Waals surface area contributed by atoms with Crippen molar-refractivity contribution in [3.63, 3.8) is 0 Å². The number of hydrogen-bond donors (Lipinski definition) is 1. The zero-order valence-electron chi connectivity index (χ0n) is 11.5. The molecule has 0 spiro atoms. The summed E-state index contributed by atoms with van der Waals surface area (Å²) in [6.07, 6.45) is 0.640. The number of nitrogens with two attached hydrogens (primary N) is 1. The standard InChI is InChI=1S/C14H18ClNO3S/c1-3-5-11(14(17)18-4-2)19-12-8-9(15)6-7-10(12)13(16)20/h6-8,11H,3-5H2,1-2H3,(H2,16,20). The van der Waals surface area contributed by atoms with Crippen molar-refractivity contribution in [1.29, 1.82) is 0 Å². The first-order valence-corrected chi connectivity index (χ1v) is 7.20. The van der Waals surface area contributed by atoms with Crippen molar-refractivity contribution in [2.45, 2.75) is 32.8 Å². The summed E-state index contributed by atoms with van der Waals surface area (Å²) in [6, 6.07) is 4.94. The van der Waals surface area contributed by atoms with Crippen molar-refractivity contribution in [3.05, 3.63) is 28.8 Å². The Bertz CT molecular complexity index is 493. The van der Waals surface area contributed by atoms with E-state index in [1.54, 1.807) is 25.1 Å². The van der Waals surface area contributed by atoms with Gasteiger partial charge in [0.1, 0.15) is 10.7 Å². The van der Waals surface area contributed by atoms with Crippen LogP contribution in [0.3, 0.4) is 0 Å². The van der Waals surface area contributed by atoms with E-state index in [0.717, 1.165) is 6.42 Å². The quantitative estimate of drug-likeness (QED) is 0.619. The average Bonchev–Trinajstić information content (AvgIpc) is 2.38. The molecule has 0 amide bonds. The number of carbonyl (C=O) groups is 1. The SMILES string of the molecule is CCCC(Oc1cc(Cl)ccc1C(N)=S)C(=O)OCC. The van der Waals surface area contributed by atoms with Crippen molar-refractivity contribution in [2.24, 2.45) is 5.73 Å². The monoisotopic (exact) mass is 315 g/mol. The highest BCUT2D eigenvalue weighted by molar-refractivity contribution is 7.80. The number of carbonyl (C=O) groups excluding carboxylic acids is 1. The maximum absolute atomic E-state index is 11.9. The van der Waals surface area contributed by atoms with Crippen molar-refractivity contribution >= 4 is 34.8 Å². The lowest BCUT2D eigenvalue weighted by Gasteiger charge is -2.19. The van der Waals surface area contributed by atoms with Crippen LogP contribution in [0, 0.1) is 0 Å². The summed E-state index contributed by atoms with van der Waals surface area (Å²) in [5, 5.41) is 0.485. The molecule has 0 aliphatic rings. The Hall–Kier alpha value is -1.33. The molecule has 110 valence electrons. The number of hydrogen-bond acceptors (Lipinski definition) is 4. The van der Waals surface area contributed by atoms with Gasteiger partial charge in [-0.25, -0.2) is 4.79 Å². The van der Waals surface area contributed by atoms with Crippen LogP contribution in [0.25, 0.3) is 0 Å². The van der Waals surface area contributed by atoms with Crippen LogP contribution in [0.15, 0.2) is 18.2 Å². The predicted molar refractivity (Wildman–Crippen MR) is 83.3 cm³/mol. The smallest absolute Gasteiger partial charge is 0.347 e. The molecule has 20 heavy (non-hydrogen) atoms. The molecule has 0 aliphatic carbocycles. The fourth-order valence-electron chi connectivity index (χ4n) is 1.67. The van der Waals surface area contributed by atoms with Gasteiger partial charge in [-0.1, -0.05) is 37.2 Å². The highest BCUT2D eigenvalue weighted by atomic mass is 35.5. The lowest BCUT2D eigenvalue weighted by atomic mass is 10.1. The molecule has 1 rings (SSSR count). The molecule has 4 nitrogen and oxygen atoms in total. The molecule has 0 aromatic heterocycles. The minimum absolute atomic E-state index is 0.191. The number of rotatable bonds is 7. The van der Waals surface area contributed by atoms with E-state index in [2.05, 4.69) is 0 Å². The van der Waals surface area contributed by atoms with Crippen LogP contribution in [0.1, 0.15) is 32.3 Å². The lowest BCUT2D eigenvalue weighted by molar-refractivity contribution is -0.151. The summed E-state index contributed by atoms with van der Waals surface area (Å²) < 4.78 is 10.7. The largest absolute Gasteiger partial charge is 0.478 e. The molecule has 0 saturated heterocycles. The molecule has 0 saturated carbocycles. The maximum Gasteiger partial charge on any atom is 0.347 e. The topological polar surface area (TPSA) is 61.5 Å². The fraction of sp³-hybridized carbons (Fsp3) is 0.429. The third kappa shape index (κ3) is 4.65. The molecule has 1 unspecified atom stereocenters. The van der Waals surface area contributed by atoms with Gasteiger partial charge in [-0.3, -0.25) is 0 Å². The van der Waals surface area contributed by atoms with Crippen molar-refractivity contribution < 1.29 is 14.3 Å². The van der Waals surface area contributed by atoms with Crippen LogP contribution in [-0.4, -0.2) is 23.7 Å². The van der Waals surface area contributed by atoms with E-state index in [9.17, 15) is 4.79 Å². The highest BCUT2D eigenvalue weighted by Crippen LogP contribution is 2.25. The minimum atomic E-state index is -0.688. The molecule has 0 bridgehead atoms. The second kappa shape index (κ2) is 8.07. The van der Waals surface area contributed by atoms with Gasteiger partial charge in [-0.05, 0) is 31.5 Å². The van der Waals surface area contributed by atoms with Crippen LogP contribution < -0.4 is 10.5 Å². The van der Waals surface area contributed by atoms with Crippen LogP contribution in [0.5, 0.6) is 5.75 Å². The lowest BCUT2D eigenvalue weighted by Crippen LogP contribution is -2.30. The van der Waals surface area contributed by atoms with Gasteiger partial charge in [0.15, 0.2) is 6.10 Å². The van der Waals surface area contributed by atoms with Crippen molar-refractivity contribution in [3.8, 4) is 5.75 Å². The Labute approximate surface area is 129 Å². The first-order valence-electron chi connectivity index (χ1n) is 6.42. The molecule has 0 aliphatic heterocycles. The van der Waals surface area contributed by atoms with Gasteiger partial charge in [-0.15, -0.1) is 0 Å². The number of esters is 1. The summed E-state index contributed by atoms with van der Waals surface area (Å²) in [5.74, 6) is -0.000261. The second-order valence-electron chi connectivity index (χ2n) is 4.15. The molecule has 1 aromatic carbocycles. The molecule has 0 heterocycles. The molecule has 1 aromatic rings. The van der Waals surface area contributed by atoms with Crippen LogP contribution >= 0.6 is 23.8 Å². The maximum atomic E-state index is 11.9. The Morgan fingerprint density at radius 1 is 1.45 bits per heavy atom. The molecular weight excluding hydrogens is 298 g/mol. The third-order valence-corrected chi connectivity index (χ3v) is 3.03. The van der Waals surface area contributed by atoms with E-state index in [1.807, 2.05) is 6.92 Å². The van der Waals surface area contributed by atoms with Gasteiger partial charge in [0.25, 0.3) is 0 Å². The van der Waals surface area contributed by atoms with Crippen LogP contribution in [0.4, 0.5) is 0 Å². The predicted octanol–water partition coefficient (Wildman–Crippen LogP) is 3.08. The van der Waals surface area contributed by atoms with Gasteiger partial charge >= 0.3 is 5.97 Å². The number of ether oxygens (including phenoxy) is 2. The summed E-state index contributed by atoms with van der Waals surface area (Å²) >= 11 is 10.9. The van der Waals surface area contributed by atoms with Gasteiger partial charge < -0.3 is 15.2 Å². The molecule has 0 radical (unpaired) electrons. The summed E-state index contributed by atoms with van der Waals surface area (Å²) in [4.78, 5) is 12.0. The first kappa shape index (κ1) is 16.7. The summed E-state index contributed by atoms with van der Waals surface area (Å²) in [5.41, 5.74) is 6.19. The van der Waals surface area contributed by atoms with E-state index in [0.29, 0.717) is 29.4 Å². The number of benzene rings is 1. The third-order valence-electron chi connectivity index (χ3n) is 2.58. The Morgan fingerprint density at radius 2 is 2.15 bits per heavy atom. The summed E-state index contributed by atoms with van der Waals surface area (Å²) in [6.45, 7) is 4.02. The minimum Gasteiger partial charge on any atom is -0.478 e. The second-order valence-corrected chi connectivity index (χ2v) is 5.03. The van der Waals surface area contributed by atoms with Gasteiger partial charge in [0.05, 0.1) is 12.2 Å². The van der Waals surface area contributed by atoms with E-state index < -0.39 is 12.1 Å². The molecule has 2 N–H and O–H groups in total. The highest BCUT2D eigenvalue weighted by Gasteiger charge is 2.22.